The van der Waals surface area contributed by atoms with Crippen molar-refractivity contribution < 1.29 is 26.2 Å². The van der Waals surface area contributed by atoms with Gasteiger partial charge in [-0.1, -0.05) is 33.6 Å². The van der Waals surface area contributed by atoms with E-state index in [-0.39, 0.29) is 26.2 Å². The van der Waals surface area contributed by atoms with E-state index in [0.717, 1.165) is 0 Å². The van der Waals surface area contributed by atoms with Crippen LogP contribution in [0.5, 0.6) is 0 Å². The maximum atomic E-state index is 2.20. The third-order valence-corrected chi connectivity index (χ3v) is 2.67. The fraction of sp³-hybridized carbons (Fsp3) is 0.333. The molecule has 0 N–H and O–H groups in total. The average molecular weight is 292 g/mol. The van der Waals surface area contributed by atoms with Crippen molar-refractivity contribution in [3.8, 4) is 0 Å². The first-order chi connectivity index (χ1) is 7.11. The third-order valence-electron chi connectivity index (χ3n) is 2.67. The van der Waals surface area contributed by atoms with Crippen LogP contribution in [0.3, 0.4) is 0 Å². The summed E-state index contributed by atoms with van der Waals surface area (Å²) in [7, 11) is 0. The Bertz CT molecular complexity index is 349. The van der Waals surface area contributed by atoms with Crippen molar-refractivity contribution in [1.29, 1.82) is 0 Å². The Morgan fingerprint density at radius 2 is 1.94 bits per heavy atom. The summed E-state index contributed by atoms with van der Waals surface area (Å²) < 4.78 is 0. The van der Waals surface area contributed by atoms with Gasteiger partial charge in [0.1, 0.15) is 0 Å². The van der Waals surface area contributed by atoms with Gasteiger partial charge in [-0.15, -0.1) is 0 Å². The van der Waals surface area contributed by atoms with Crippen LogP contribution in [0.25, 0.3) is 0 Å². The summed E-state index contributed by atoms with van der Waals surface area (Å²) in [5.74, 6) is 0.685. The Hall–Kier alpha value is -0.417. The van der Waals surface area contributed by atoms with Crippen LogP contribution >= 0.6 is 0 Å². The minimum absolute atomic E-state index is 0. The molecule has 0 unspecified atom stereocenters. The Kier molecular flexibility index (Phi) is 7.59. The molecular weight excluding hydrogens is 271 g/mol. The molecule has 0 saturated carbocycles. The van der Waals surface area contributed by atoms with Crippen molar-refractivity contribution in [2.24, 2.45) is 0 Å². The van der Waals surface area contributed by atoms with Crippen LogP contribution in [0.2, 0.25) is 0 Å². The fourth-order valence-electron chi connectivity index (χ4n) is 1.37. The van der Waals surface area contributed by atoms with E-state index in [0.29, 0.717) is 5.92 Å². The molecule has 0 aliphatic carbocycles. The molecule has 0 atom stereocenters. The van der Waals surface area contributed by atoms with Crippen LogP contribution in [0.1, 0.15) is 36.5 Å². The van der Waals surface area contributed by atoms with Gasteiger partial charge in [-0.25, -0.2) is 18.2 Å². The van der Waals surface area contributed by atoms with E-state index in [1.807, 2.05) is 0 Å². The average Bonchev–Trinajstić information content (AvgIpc) is 2.80. The smallest absolute Gasteiger partial charge is 0.213 e. The van der Waals surface area contributed by atoms with Gasteiger partial charge in [0.2, 0.25) is 0 Å². The quantitative estimate of drug-likeness (QED) is 0.676. The van der Waals surface area contributed by atoms with E-state index in [1.165, 1.54) is 16.7 Å². The summed E-state index contributed by atoms with van der Waals surface area (Å²) in [5.41, 5.74) is 4.21. The van der Waals surface area contributed by atoms with E-state index < -0.39 is 0 Å². The minimum Gasteiger partial charge on any atom is -0.213 e. The normalized spacial score (nSPS) is 9.31. The molecule has 2 aromatic rings. The molecule has 0 nitrogen and oxygen atoms in total. The van der Waals surface area contributed by atoms with Gasteiger partial charge < -0.3 is 0 Å². The van der Waals surface area contributed by atoms with Crippen molar-refractivity contribution in [2.45, 2.75) is 33.6 Å². The predicted octanol–water partition coefficient (Wildman–Crippen LogP) is 4.55. The molecule has 16 heavy (non-hydrogen) atoms. The van der Waals surface area contributed by atoms with Crippen LogP contribution in [0, 0.1) is 13.8 Å². The van der Waals surface area contributed by atoms with E-state index in [2.05, 4.69) is 70.2 Å². The van der Waals surface area contributed by atoms with Gasteiger partial charge in [0, 0.05) is 0 Å². The summed E-state index contributed by atoms with van der Waals surface area (Å²) >= 11 is 0. The van der Waals surface area contributed by atoms with E-state index in [1.54, 1.807) is 0 Å². The molecule has 2 aromatic carbocycles. The second-order valence-electron chi connectivity index (χ2n) is 4.26. The topological polar surface area (TPSA) is 0 Å². The van der Waals surface area contributed by atoms with Crippen LogP contribution in [0.4, 0.5) is 0 Å². The molecule has 0 aromatic heterocycles. The molecule has 0 bridgehead atoms. The molecule has 1 heteroatoms. The van der Waals surface area contributed by atoms with Gasteiger partial charge in [0.05, 0.1) is 0 Å². The Morgan fingerprint density at radius 1 is 1.25 bits per heavy atom. The van der Waals surface area contributed by atoms with E-state index in [9.17, 15) is 0 Å². The monoisotopic (exact) mass is 290 g/mol. The zero-order valence-corrected chi connectivity index (χ0v) is 13.1. The third kappa shape index (κ3) is 5.08. The first-order valence-corrected chi connectivity index (χ1v) is 5.51. The van der Waals surface area contributed by atoms with E-state index >= 15 is 0 Å². The van der Waals surface area contributed by atoms with Gasteiger partial charge in [0.15, 0.2) is 0 Å². The zero-order chi connectivity index (χ0) is 11.3. The van der Waals surface area contributed by atoms with Gasteiger partial charge in [-0.05, 0) is 0 Å². The second kappa shape index (κ2) is 7.79. The molecule has 0 heterocycles. The van der Waals surface area contributed by atoms with Gasteiger partial charge >= 0.3 is 26.2 Å². The first-order valence-electron chi connectivity index (χ1n) is 5.51. The van der Waals surface area contributed by atoms with Crippen molar-refractivity contribution >= 4 is 0 Å². The zero-order valence-electron chi connectivity index (χ0n) is 10.6. The predicted molar refractivity (Wildman–Crippen MR) is 67.6 cm³/mol. The largest absolute Gasteiger partial charge is 2.00 e. The standard InChI is InChI=1S/C8H11.C7H9.Zr/c1-7(2)8-5-3-4-6-8;1-6-4-3-5-7(6)2;/h3-7H,1-2H3;3-5H,1-2H3;/q2*-1;+2. The molecule has 0 saturated heterocycles. The maximum absolute atomic E-state index is 2.20. The van der Waals surface area contributed by atoms with Crippen molar-refractivity contribution in [3.63, 3.8) is 0 Å². The first kappa shape index (κ1) is 15.6. The van der Waals surface area contributed by atoms with Gasteiger partial charge in [0.25, 0.3) is 0 Å². The summed E-state index contributed by atoms with van der Waals surface area (Å²) in [6.07, 6.45) is 0. The summed E-state index contributed by atoms with van der Waals surface area (Å²) in [4.78, 5) is 0. The maximum Gasteiger partial charge on any atom is 2.00 e. The molecule has 0 aliphatic heterocycles. The fourth-order valence-corrected chi connectivity index (χ4v) is 1.37. The Labute approximate surface area is 119 Å². The molecule has 0 fully saturated rings. The van der Waals surface area contributed by atoms with E-state index in [4.69, 9.17) is 0 Å². The van der Waals surface area contributed by atoms with Gasteiger partial charge in [-0.2, -0.15) is 41.0 Å². The van der Waals surface area contributed by atoms with Crippen LogP contribution in [-0.2, 0) is 26.2 Å². The number of hydrogen-bond donors (Lipinski definition) is 0. The minimum atomic E-state index is 0. The molecule has 0 aliphatic rings. The second-order valence-corrected chi connectivity index (χ2v) is 4.26. The molecule has 0 amide bonds. The number of rotatable bonds is 1. The summed E-state index contributed by atoms with van der Waals surface area (Å²) in [6.45, 7) is 8.65. The van der Waals surface area contributed by atoms with Crippen molar-refractivity contribution in [1.82, 2.24) is 0 Å². The number of aryl methyl sites for hydroxylation is 2. The van der Waals surface area contributed by atoms with Crippen LogP contribution < -0.4 is 0 Å². The van der Waals surface area contributed by atoms with Crippen molar-refractivity contribution in [2.75, 3.05) is 0 Å². The SMILES string of the molecule is CC(C)c1cc[cH-]c1.Cc1ccc[c-]1C.[Zr+2]. The van der Waals surface area contributed by atoms with Crippen LogP contribution in [-0.4, -0.2) is 0 Å². The van der Waals surface area contributed by atoms with Gasteiger partial charge in [-0.3, -0.25) is 0 Å². The molecule has 2 rings (SSSR count). The molecular formula is C15H20Zr. The molecule has 0 radical (unpaired) electrons. The Morgan fingerprint density at radius 3 is 2.12 bits per heavy atom. The number of hydrogen-bond acceptors (Lipinski definition) is 0. The van der Waals surface area contributed by atoms with Crippen LogP contribution in [0.15, 0.2) is 42.5 Å². The summed E-state index contributed by atoms with van der Waals surface area (Å²) in [5, 5.41) is 0. The Balaban J connectivity index is 0.000000267. The summed E-state index contributed by atoms with van der Waals surface area (Å²) in [6, 6.07) is 14.8. The van der Waals surface area contributed by atoms with Crippen molar-refractivity contribution in [3.05, 3.63) is 59.2 Å². The molecule has 84 valence electrons. The molecule has 0 spiro atoms.